The van der Waals surface area contributed by atoms with Crippen LogP contribution in [0.2, 0.25) is 10.0 Å². The summed E-state index contributed by atoms with van der Waals surface area (Å²) >= 11 is 13.9. The Balaban J connectivity index is 1.87. The third-order valence-corrected chi connectivity index (χ3v) is 6.13. The van der Waals surface area contributed by atoms with Gasteiger partial charge >= 0.3 is 5.97 Å². The van der Waals surface area contributed by atoms with Gasteiger partial charge < -0.3 is 16.2 Å². The monoisotopic (exact) mass is 449 g/mol. The van der Waals surface area contributed by atoms with E-state index < -0.39 is 17.9 Å². The number of halogens is 2. The maximum Gasteiger partial charge on any atom is 0.335 e. The average Bonchev–Trinajstić information content (AvgIpc) is 2.68. The number of carbonyl (C=O) groups is 2. The zero-order chi connectivity index (χ0) is 21.1. The summed E-state index contributed by atoms with van der Waals surface area (Å²) in [5.41, 5.74) is 8.26. The van der Waals surface area contributed by atoms with E-state index in [-0.39, 0.29) is 5.56 Å². The van der Waals surface area contributed by atoms with Crippen molar-refractivity contribution >= 4 is 52.0 Å². The number of thioether (sulfide) groups is 1. The van der Waals surface area contributed by atoms with Crippen LogP contribution in [0.1, 0.15) is 34.5 Å². The number of primary amides is 1. The number of amidine groups is 1. The lowest BCUT2D eigenvalue weighted by Gasteiger charge is -2.26. The molecule has 0 spiro atoms. The molecule has 2 aromatic carbocycles. The standard InChI is InChI=1S/C20H17Cl2N3O3S/c1-10-15(18(23)26)17(13-3-2-4-14(21)16(13)22)25-20(24-10)29-9-11-5-7-12(8-6-11)19(27)28/h2-8,17H,9H2,1H3,(H2,23,26)(H,24,25)(H,27,28)/t17-/m1/s1. The minimum Gasteiger partial charge on any atom is -0.478 e. The van der Waals surface area contributed by atoms with Gasteiger partial charge in [-0.15, -0.1) is 0 Å². The highest BCUT2D eigenvalue weighted by Gasteiger charge is 2.29. The Labute approximate surface area is 181 Å². The van der Waals surface area contributed by atoms with Crippen LogP contribution in [0.3, 0.4) is 0 Å². The SMILES string of the molecule is CC1=C(C(N)=O)[C@@H](c2cccc(Cl)c2Cl)N=C(SCc2ccc(C(=O)O)cc2)N1. The number of carboxylic acid groups (broad SMARTS) is 1. The number of aliphatic imine (C=N–C) groups is 1. The Morgan fingerprint density at radius 2 is 1.90 bits per heavy atom. The zero-order valence-electron chi connectivity index (χ0n) is 15.3. The third-order valence-electron chi connectivity index (χ3n) is 4.34. The van der Waals surface area contributed by atoms with E-state index in [4.69, 9.17) is 34.0 Å². The Morgan fingerprint density at radius 3 is 2.52 bits per heavy atom. The average molecular weight is 450 g/mol. The molecule has 4 N–H and O–H groups in total. The number of allylic oxidation sites excluding steroid dienone is 1. The van der Waals surface area contributed by atoms with Crippen molar-refractivity contribution < 1.29 is 14.7 Å². The van der Waals surface area contributed by atoms with E-state index >= 15 is 0 Å². The lowest BCUT2D eigenvalue weighted by Crippen LogP contribution is -2.32. The number of rotatable bonds is 5. The van der Waals surface area contributed by atoms with E-state index in [9.17, 15) is 9.59 Å². The van der Waals surface area contributed by atoms with Gasteiger partial charge in [-0.2, -0.15) is 0 Å². The number of hydrogen-bond donors (Lipinski definition) is 3. The van der Waals surface area contributed by atoms with E-state index in [1.54, 1.807) is 49.4 Å². The van der Waals surface area contributed by atoms with Crippen molar-refractivity contribution in [1.29, 1.82) is 0 Å². The van der Waals surface area contributed by atoms with Crippen molar-refractivity contribution in [2.24, 2.45) is 10.7 Å². The highest BCUT2D eigenvalue weighted by molar-refractivity contribution is 8.13. The van der Waals surface area contributed by atoms with Crippen LogP contribution in [-0.4, -0.2) is 22.2 Å². The number of hydrogen-bond acceptors (Lipinski definition) is 5. The van der Waals surface area contributed by atoms with Crippen molar-refractivity contribution in [3.63, 3.8) is 0 Å². The number of nitrogens with zero attached hydrogens (tertiary/aromatic N) is 1. The summed E-state index contributed by atoms with van der Waals surface area (Å²) in [6, 6.07) is 11.1. The number of nitrogens with two attached hydrogens (primary N) is 1. The molecule has 0 saturated heterocycles. The Morgan fingerprint density at radius 1 is 1.21 bits per heavy atom. The summed E-state index contributed by atoms with van der Waals surface area (Å²) in [5.74, 6) is -1.00. The van der Waals surface area contributed by atoms with Crippen LogP contribution in [0.4, 0.5) is 0 Å². The predicted octanol–water partition coefficient (Wildman–Crippen LogP) is 4.38. The van der Waals surface area contributed by atoms with Crippen molar-refractivity contribution in [3.8, 4) is 0 Å². The first-order valence-electron chi connectivity index (χ1n) is 8.52. The number of amides is 1. The number of nitrogens with one attached hydrogen (secondary N) is 1. The molecule has 0 radical (unpaired) electrons. The summed E-state index contributed by atoms with van der Waals surface area (Å²) in [5, 5.41) is 13.4. The van der Waals surface area contributed by atoms with Crippen LogP contribution in [0.25, 0.3) is 0 Å². The Kier molecular flexibility index (Phi) is 6.52. The molecule has 1 aliphatic rings. The largest absolute Gasteiger partial charge is 0.478 e. The van der Waals surface area contributed by atoms with E-state index in [2.05, 4.69) is 10.3 Å². The maximum absolute atomic E-state index is 12.0. The molecule has 1 atom stereocenters. The quantitative estimate of drug-likeness (QED) is 0.627. The van der Waals surface area contributed by atoms with E-state index in [1.165, 1.54) is 11.8 Å². The summed E-state index contributed by atoms with van der Waals surface area (Å²) in [4.78, 5) is 27.6. The van der Waals surface area contributed by atoms with Gasteiger partial charge in [0.2, 0.25) is 5.91 Å². The van der Waals surface area contributed by atoms with Crippen molar-refractivity contribution in [2.45, 2.75) is 18.7 Å². The summed E-state index contributed by atoms with van der Waals surface area (Å²) in [6.07, 6.45) is 0. The molecule has 2 aromatic rings. The van der Waals surface area contributed by atoms with Gasteiger partial charge in [0.25, 0.3) is 0 Å². The summed E-state index contributed by atoms with van der Waals surface area (Å²) in [6.45, 7) is 1.75. The molecule has 9 heteroatoms. The first-order chi connectivity index (χ1) is 13.8. The molecule has 0 saturated carbocycles. The first-order valence-corrected chi connectivity index (χ1v) is 10.3. The predicted molar refractivity (Wildman–Crippen MR) is 116 cm³/mol. The van der Waals surface area contributed by atoms with Gasteiger partial charge in [-0.1, -0.05) is 59.2 Å². The molecule has 0 aromatic heterocycles. The van der Waals surface area contributed by atoms with Gasteiger partial charge in [0.05, 0.1) is 21.2 Å². The van der Waals surface area contributed by atoms with Crippen LogP contribution < -0.4 is 11.1 Å². The zero-order valence-corrected chi connectivity index (χ0v) is 17.6. The van der Waals surface area contributed by atoms with E-state index in [1.807, 2.05) is 0 Å². The number of carbonyl (C=O) groups excluding carboxylic acids is 1. The van der Waals surface area contributed by atoms with Crippen molar-refractivity contribution in [1.82, 2.24) is 5.32 Å². The lowest BCUT2D eigenvalue weighted by molar-refractivity contribution is -0.114. The van der Waals surface area contributed by atoms with E-state index in [0.29, 0.717) is 37.8 Å². The molecular weight excluding hydrogens is 433 g/mol. The number of aromatic carboxylic acids is 1. The highest BCUT2D eigenvalue weighted by atomic mass is 35.5. The van der Waals surface area contributed by atoms with Gasteiger partial charge in [-0.3, -0.25) is 4.79 Å². The van der Waals surface area contributed by atoms with Crippen LogP contribution in [0.5, 0.6) is 0 Å². The topological polar surface area (TPSA) is 105 Å². The molecule has 3 rings (SSSR count). The van der Waals surface area contributed by atoms with Crippen LogP contribution in [-0.2, 0) is 10.5 Å². The van der Waals surface area contributed by atoms with E-state index in [0.717, 1.165) is 5.56 Å². The molecule has 1 heterocycles. The lowest BCUT2D eigenvalue weighted by atomic mass is 9.96. The van der Waals surface area contributed by atoms with Gasteiger partial charge in [0.1, 0.15) is 6.04 Å². The smallest absolute Gasteiger partial charge is 0.335 e. The van der Waals surface area contributed by atoms with Crippen molar-refractivity contribution in [3.05, 3.63) is 80.5 Å². The summed E-state index contributed by atoms with van der Waals surface area (Å²) in [7, 11) is 0. The molecule has 0 unspecified atom stereocenters. The molecule has 1 aliphatic heterocycles. The molecule has 0 aliphatic carbocycles. The minimum atomic E-state index is -0.969. The van der Waals surface area contributed by atoms with Crippen LogP contribution >= 0.6 is 35.0 Å². The minimum absolute atomic E-state index is 0.229. The van der Waals surface area contributed by atoms with Gasteiger partial charge in [0.15, 0.2) is 5.17 Å². The normalized spacial score (nSPS) is 16.2. The second-order valence-corrected chi connectivity index (χ2v) is 8.05. The molecule has 150 valence electrons. The van der Waals surface area contributed by atoms with Gasteiger partial charge in [-0.25, -0.2) is 9.79 Å². The van der Waals surface area contributed by atoms with Crippen LogP contribution in [0.15, 0.2) is 58.7 Å². The third kappa shape index (κ3) is 4.75. The Hall–Kier alpha value is -2.48. The maximum atomic E-state index is 12.0. The molecule has 1 amide bonds. The number of benzene rings is 2. The summed E-state index contributed by atoms with van der Waals surface area (Å²) < 4.78 is 0. The first kappa shape index (κ1) is 21.2. The fourth-order valence-corrected chi connectivity index (χ4v) is 4.20. The highest BCUT2D eigenvalue weighted by Crippen LogP contribution is 2.38. The fraction of sp³-hybridized carbons (Fsp3) is 0.150. The molecule has 0 fully saturated rings. The van der Waals surface area contributed by atoms with Crippen LogP contribution in [0, 0.1) is 0 Å². The number of carboxylic acids is 1. The molecule has 29 heavy (non-hydrogen) atoms. The fourth-order valence-electron chi connectivity index (χ4n) is 2.89. The van der Waals surface area contributed by atoms with Gasteiger partial charge in [0, 0.05) is 17.0 Å². The van der Waals surface area contributed by atoms with Crippen molar-refractivity contribution in [2.75, 3.05) is 0 Å². The molecule has 6 nitrogen and oxygen atoms in total. The molecule has 0 bridgehead atoms. The second-order valence-electron chi connectivity index (χ2n) is 6.30. The Bertz CT molecular complexity index is 1040. The molecular formula is C20H17Cl2N3O3S. The second kappa shape index (κ2) is 8.90. The van der Waals surface area contributed by atoms with Gasteiger partial charge in [-0.05, 0) is 30.7 Å².